The molecule has 0 N–H and O–H groups in total. The van der Waals surface area contributed by atoms with Gasteiger partial charge in [0.15, 0.2) is 0 Å². The summed E-state index contributed by atoms with van der Waals surface area (Å²) in [5.41, 5.74) is -0.0551. The predicted octanol–water partition coefficient (Wildman–Crippen LogP) is 1.51. The number of carbonyl (C=O) groups is 1. The maximum Gasteiger partial charge on any atom is 0.309 e. The number of ether oxygens (including phenoxy) is 1. The van der Waals surface area contributed by atoms with Crippen LogP contribution in [0.25, 0.3) is 0 Å². The maximum atomic E-state index is 11.2. The smallest absolute Gasteiger partial charge is 0.309 e. The molecule has 0 aromatic heterocycles. The molecule has 13 heavy (non-hydrogen) atoms. The molecule has 0 amide bonds. The predicted molar refractivity (Wildman–Crippen MR) is 47.5 cm³/mol. The third-order valence-corrected chi connectivity index (χ3v) is 2.74. The zero-order valence-electron chi connectivity index (χ0n) is 8.07. The molecule has 1 aliphatic carbocycles. The van der Waals surface area contributed by atoms with Gasteiger partial charge in [-0.3, -0.25) is 4.79 Å². The van der Waals surface area contributed by atoms with E-state index in [1.54, 1.807) is 6.08 Å². The molecule has 0 aliphatic heterocycles. The average molecular weight is 179 g/mol. The summed E-state index contributed by atoms with van der Waals surface area (Å²) in [6.45, 7) is 4.00. The molecule has 0 saturated heterocycles. The maximum absolute atomic E-state index is 11.2. The summed E-state index contributed by atoms with van der Waals surface area (Å²) in [6.07, 6.45) is 3.21. The Balaban J connectivity index is 2.67. The minimum Gasteiger partial charge on any atom is -0.469 e. The van der Waals surface area contributed by atoms with Gasteiger partial charge in [-0.1, -0.05) is 19.9 Å². The van der Waals surface area contributed by atoms with E-state index in [9.17, 15) is 4.79 Å². The molecule has 3 heteroatoms. The molecule has 1 fully saturated rings. The average Bonchev–Trinajstić information content (AvgIpc) is 2.63. The van der Waals surface area contributed by atoms with Crippen molar-refractivity contribution in [2.75, 3.05) is 7.11 Å². The fraction of sp³-hybridized carbons (Fsp3) is 0.600. The van der Waals surface area contributed by atoms with E-state index in [2.05, 4.69) is 4.74 Å². The largest absolute Gasteiger partial charge is 0.469 e. The highest BCUT2D eigenvalue weighted by Crippen LogP contribution is 2.59. The molecule has 0 heterocycles. The van der Waals surface area contributed by atoms with Crippen molar-refractivity contribution in [2.24, 2.45) is 17.3 Å². The van der Waals surface area contributed by atoms with Crippen molar-refractivity contribution in [3.05, 3.63) is 12.2 Å². The van der Waals surface area contributed by atoms with Gasteiger partial charge in [0, 0.05) is 6.08 Å². The lowest BCUT2D eigenvalue weighted by Gasteiger charge is -1.98. The Morgan fingerprint density at radius 2 is 2.23 bits per heavy atom. The van der Waals surface area contributed by atoms with Crippen LogP contribution in [0.3, 0.4) is 0 Å². The van der Waals surface area contributed by atoms with Crippen LogP contribution in [0.5, 0.6) is 0 Å². The minimum atomic E-state index is -0.183. The van der Waals surface area contributed by atoms with Gasteiger partial charge >= 0.3 is 5.97 Å². The summed E-state index contributed by atoms with van der Waals surface area (Å²) >= 11 is 0. The van der Waals surface area contributed by atoms with Gasteiger partial charge in [0.05, 0.1) is 19.1 Å². The summed E-state index contributed by atoms with van der Waals surface area (Å²) < 4.78 is 4.66. The van der Waals surface area contributed by atoms with Crippen LogP contribution in [-0.2, 0) is 9.53 Å². The zero-order valence-corrected chi connectivity index (χ0v) is 8.07. The SMILES string of the molecule is COC(=O)[C@@H]1[C@@H](/C=C\C#N)C1(C)C. The molecule has 0 unspecified atom stereocenters. The summed E-state index contributed by atoms with van der Waals surface area (Å²) in [6, 6.07) is 1.92. The number of hydrogen-bond donors (Lipinski definition) is 0. The standard InChI is InChI=1S/C10H13NO2/c1-10(2)7(5-4-6-11)8(10)9(12)13-3/h4-5,7-8H,1-3H3/b5-4-/t7-,8+/m1/s1. The first-order valence-electron chi connectivity index (χ1n) is 4.19. The van der Waals surface area contributed by atoms with Crippen LogP contribution < -0.4 is 0 Å². The molecule has 0 bridgehead atoms. The molecule has 3 nitrogen and oxygen atoms in total. The third kappa shape index (κ3) is 1.57. The highest BCUT2D eigenvalue weighted by molar-refractivity contribution is 5.78. The van der Waals surface area contributed by atoms with Gasteiger partial charge in [-0.15, -0.1) is 0 Å². The topological polar surface area (TPSA) is 50.1 Å². The van der Waals surface area contributed by atoms with Gasteiger partial charge in [-0.05, 0) is 11.3 Å². The summed E-state index contributed by atoms with van der Waals surface area (Å²) in [7, 11) is 1.39. The molecular weight excluding hydrogens is 166 g/mol. The number of nitrogens with zero attached hydrogens (tertiary/aromatic N) is 1. The van der Waals surface area contributed by atoms with Crippen molar-refractivity contribution in [1.82, 2.24) is 0 Å². The van der Waals surface area contributed by atoms with E-state index in [0.717, 1.165) is 0 Å². The van der Waals surface area contributed by atoms with E-state index < -0.39 is 0 Å². The number of rotatable bonds is 2. The van der Waals surface area contributed by atoms with Crippen LogP contribution in [-0.4, -0.2) is 13.1 Å². The van der Waals surface area contributed by atoms with Gasteiger partial charge in [0.25, 0.3) is 0 Å². The number of methoxy groups -OCH3 is 1. The Morgan fingerprint density at radius 1 is 1.62 bits per heavy atom. The number of allylic oxidation sites excluding steroid dienone is 2. The molecule has 0 spiro atoms. The first-order chi connectivity index (χ1) is 6.05. The van der Waals surface area contributed by atoms with Crippen LogP contribution in [0.2, 0.25) is 0 Å². The molecule has 0 aromatic carbocycles. The Morgan fingerprint density at radius 3 is 2.69 bits per heavy atom. The van der Waals surface area contributed by atoms with Gasteiger partial charge < -0.3 is 4.74 Å². The van der Waals surface area contributed by atoms with Crippen LogP contribution in [0.15, 0.2) is 12.2 Å². The molecule has 0 radical (unpaired) electrons. The molecule has 1 aliphatic rings. The fourth-order valence-electron chi connectivity index (χ4n) is 1.76. The Hall–Kier alpha value is -1.30. The van der Waals surface area contributed by atoms with E-state index in [1.165, 1.54) is 13.2 Å². The monoisotopic (exact) mass is 179 g/mol. The second-order valence-electron chi connectivity index (χ2n) is 3.84. The van der Waals surface area contributed by atoms with Crippen molar-refractivity contribution in [3.63, 3.8) is 0 Å². The van der Waals surface area contributed by atoms with E-state index in [1.807, 2.05) is 19.9 Å². The van der Waals surface area contributed by atoms with Crippen molar-refractivity contribution < 1.29 is 9.53 Å². The van der Waals surface area contributed by atoms with Gasteiger partial charge in [0.1, 0.15) is 0 Å². The number of carbonyl (C=O) groups excluding carboxylic acids is 1. The summed E-state index contributed by atoms with van der Waals surface area (Å²) in [5, 5.41) is 8.34. The van der Waals surface area contributed by atoms with Gasteiger partial charge in [-0.25, -0.2) is 0 Å². The van der Waals surface area contributed by atoms with Crippen molar-refractivity contribution in [2.45, 2.75) is 13.8 Å². The normalized spacial score (nSPS) is 29.7. The molecule has 1 saturated carbocycles. The number of nitriles is 1. The Kier molecular flexibility index (Phi) is 2.42. The highest BCUT2D eigenvalue weighted by Gasteiger charge is 2.61. The zero-order chi connectivity index (χ0) is 10.1. The van der Waals surface area contributed by atoms with Gasteiger partial charge in [0.2, 0.25) is 0 Å². The lowest BCUT2D eigenvalue weighted by molar-refractivity contribution is -0.143. The van der Waals surface area contributed by atoms with E-state index in [0.29, 0.717) is 0 Å². The molecule has 1 rings (SSSR count). The summed E-state index contributed by atoms with van der Waals surface area (Å²) in [4.78, 5) is 11.2. The van der Waals surface area contributed by atoms with E-state index in [-0.39, 0.29) is 23.2 Å². The van der Waals surface area contributed by atoms with Crippen molar-refractivity contribution in [1.29, 1.82) is 5.26 Å². The van der Waals surface area contributed by atoms with E-state index >= 15 is 0 Å². The minimum absolute atomic E-state index is 0.0551. The lowest BCUT2D eigenvalue weighted by Crippen LogP contribution is -2.07. The van der Waals surface area contributed by atoms with Crippen molar-refractivity contribution in [3.8, 4) is 6.07 Å². The van der Waals surface area contributed by atoms with Crippen molar-refractivity contribution >= 4 is 5.97 Å². The van der Waals surface area contributed by atoms with Crippen LogP contribution in [0, 0.1) is 28.6 Å². The van der Waals surface area contributed by atoms with Crippen LogP contribution in [0.1, 0.15) is 13.8 Å². The van der Waals surface area contributed by atoms with Crippen LogP contribution >= 0.6 is 0 Å². The van der Waals surface area contributed by atoms with Gasteiger partial charge in [-0.2, -0.15) is 5.26 Å². The summed E-state index contributed by atoms with van der Waals surface area (Å²) in [5.74, 6) is -0.112. The molecule has 70 valence electrons. The second kappa shape index (κ2) is 3.21. The second-order valence-corrected chi connectivity index (χ2v) is 3.84. The molecule has 2 atom stereocenters. The lowest BCUT2D eigenvalue weighted by atomic mass is 10.1. The van der Waals surface area contributed by atoms with Crippen LogP contribution in [0.4, 0.5) is 0 Å². The first-order valence-corrected chi connectivity index (χ1v) is 4.19. The quantitative estimate of drug-likeness (QED) is 0.477. The molecule has 0 aromatic rings. The molecular formula is C10H13NO2. The first kappa shape index (κ1) is 9.79. The number of esters is 1. The highest BCUT2D eigenvalue weighted by atomic mass is 16.5. The third-order valence-electron chi connectivity index (χ3n) is 2.74. The Labute approximate surface area is 78.0 Å². The fourth-order valence-corrected chi connectivity index (χ4v) is 1.76. The van der Waals surface area contributed by atoms with E-state index in [4.69, 9.17) is 5.26 Å². The Bertz CT molecular complexity index is 286. The number of hydrogen-bond acceptors (Lipinski definition) is 3.